The van der Waals surface area contributed by atoms with Crippen LogP contribution in [0.5, 0.6) is 0 Å². The summed E-state index contributed by atoms with van der Waals surface area (Å²) in [7, 11) is 0. The Morgan fingerprint density at radius 3 is 2.67 bits per heavy atom. The van der Waals surface area contributed by atoms with Gasteiger partial charge in [0.2, 0.25) is 0 Å². The van der Waals surface area contributed by atoms with Gasteiger partial charge in [-0.3, -0.25) is 4.90 Å². The van der Waals surface area contributed by atoms with E-state index in [9.17, 15) is 0 Å². The van der Waals surface area contributed by atoms with Gasteiger partial charge >= 0.3 is 0 Å². The first-order chi connectivity index (χ1) is 7.33. The van der Waals surface area contributed by atoms with E-state index in [2.05, 4.69) is 23.3 Å². The molecule has 1 unspecified atom stereocenters. The van der Waals surface area contributed by atoms with Crippen LogP contribution in [0.3, 0.4) is 0 Å². The number of nitrogens with two attached hydrogens (primary N) is 1. The third-order valence-electron chi connectivity index (χ3n) is 3.26. The fourth-order valence-electron chi connectivity index (χ4n) is 2.38. The summed E-state index contributed by atoms with van der Waals surface area (Å²) in [5, 5.41) is 2.18. The second-order valence-electron chi connectivity index (χ2n) is 4.32. The van der Waals surface area contributed by atoms with Crippen LogP contribution in [0.15, 0.2) is 11.4 Å². The Morgan fingerprint density at radius 2 is 2.13 bits per heavy atom. The molecule has 1 atom stereocenters. The van der Waals surface area contributed by atoms with Gasteiger partial charge in [-0.1, -0.05) is 6.42 Å². The van der Waals surface area contributed by atoms with Gasteiger partial charge in [-0.15, -0.1) is 11.3 Å². The number of thiophene rings is 1. The van der Waals surface area contributed by atoms with Crippen LogP contribution in [-0.4, -0.2) is 24.5 Å². The molecule has 2 heterocycles. The molecule has 0 saturated carbocycles. The summed E-state index contributed by atoms with van der Waals surface area (Å²) in [6.07, 6.45) is 4.05. The van der Waals surface area contributed by atoms with Crippen LogP contribution in [0.2, 0.25) is 0 Å². The molecule has 0 bridgehead atoms. The largest absolute Gasteiger partial charge is 0.329 e. The zero-order valence-corrected chi connectivity index (χ0v) is 10.2. The molecule has 0 radical (unpaired) electrons. The molecule has 1 aliphatic rings. The van der Waals surface area contributed by atoms with Crippen molar-refractivity contribution in [2.75, 3.05) is 19.6 Å². The van der Waals surface area contributed by atoms with Crippen LogP contribution < -0.4 is 5.73 Å². The van der Waals surface area contributed by atoms with E-state index in [1.54, 1.807) is 0 Å². The van der Waals surface area contributed by atoms with Gasteiger partial charge in [0, 0.05) is 11.4 Å². The molecular weight excluding hydrogens is 204 g/mol. The van der Waals surface area contributed by atoms with Crippen molar-refractivity contribution in [2.24, 2.45) is 5.73 Å². The second-order valence-corrected chi connectivity index (χ2v) is 5.26. The van der Waals surface area contributed by atoms with Gasteiger partial charge in [-0.2, -0.15) is 0 Å². The maximum Gasteiger partial charge on any atom is 0.0566 e. The summed E-state index contributed by atoms with van der Waals surface area (Å²) in [6.45, 7) is 5.39. The molecule has 3 heteroatoms. The van der Waals surface area contributed by atoms with Crippen LogP contribution in [0, 0.1) is 6.92 Å². The SMILES string of the molecule is Cc1ccsc1C(CN)N1CCCCC1. The number of hydrogen-bond acceptors (Lipinski definition) is 3. The Labute approximate surface area is 96.1 Å². The summed E-state index contributed by atoms with van der Waals surface area (Å²) in [6, 6.07) is 2.66. The van der Waals surface area contributed by atoms with Gasteiger partial charge in [-0.25, -0.2) is 0 Å². The molecule has 0 aliphatic carbocycles. The second kappa shape index (κ2) is 5.10. The van der Waals surface area contributed by atoms with E-state index in [1.165, 1.54) is 42.8 Å². The topological polar surface area (TPSA) is 29.3 Å². The summed E-state index contributed by atoms with van der Waals surface area (Å²) >= 11 is 1.85. The number of hydrogen-bond donors (Lipinski definition) is 1. The zero-order chi connectivity index (χ0) is 10.7. The summed E-state index contributed by atoms with van der Waals surface area (Å²) in [5.41, 5.74) is 7.33. The van der Waals surface area contributed by atoms with Crippen molar-refractivity contribution < 1.29 is 0 Å². The molecule has 84 valence electrons. The van der Waals surface area contributed by atoms with Crippen LogP contribution >= 0.6 is 11.3 Å². The van der Waals surface area contributed by atoms with E-state index in [4.69, 9.17) is 5.73 Å². The van der Waals surface area contributed by atoms with Crippen molar-refractivity contribution in [3.05, 3.63) is 21.9 Å². The summed E-state index contributed by atoms with van der Waals surface area (Å²) in [5.74, 6) is 0. The lowest BCUT2D eigenvalue weighted by atomic mass is 10.1. The van der Waals surface area contributed by atoms with Crippen LogP contribution in [0.1, 0.15) is 35.7 Å². The fraction of sp³-hybridized carbons (Fsp3) is 0.667. The minimum atomic E-state index is 0.463. The monoisotopic (exact) mass is 224 g/mol. The molecule has 2 N–H and O–H groups in total. The van der Waals surface area contributed by atoms with E-state index >= 15 is 0 Å². The Hall–Kier alpha value is -0.380. The minimum absolute atomic E-state index is 0.463. The third kappa shape index (κ3) is 2.41. The van der Waals surface area contributed by atoms with Gasteiger partial charge in [-0.05, 0) is 49.9 Å². The number of likely N-dealkylation sites (tertiary alicyclic amines) is 1. The summed E-state index contributed by atoms with van der Waals surface area (Å²) in [4.78, 5) is 4.03. The van der Waals surface area contributed by atoms with Crippen molar-refractivity contribution in [3.63, 3.8) is 0 Å². The van der Waals surface area contributed by atoms with Crippen molar-refractivity contribution in [1.29, 1.82) is 0 Å². The average molecular weight is 224 g/mol. The van der Waals surface area contributed by atoms with Gasteiger partial charge in [0.05, 0.1) is 6.04 Å². The van der Waals surface area contributed by atoms with Crippen molar-refractivity contribution in [3.8, 4) is 0 Å². The molecule has 1 aromatic rings. The minimum Gasteiger partial charge on any atom is -0.329 e. The lowest BCUT2D eigenvalue weighted by molar-refractivity contribution is 0.169. The normalized spacial score (nSPS) is 20.4. The third-order valence-corrected chi connectivity index (χ3v) is 4.38. The fourth-order valence-corrected chi connectivity index (χ4v) is 3.45. The number of aryl methyl sites for hydroxylation is 1. The Balaban J connectivity index is 2.12. The summed E-state index contributed by atoms with van der Waals surface area (Å²) < 4.78 is 0. The smallest absolute Gasteiger partial charge is 0.0566 e. The standard InChI is InChI=1S/C12H20N2S/c1-10-5-8-15-12(10)11(9-13)14-6-3-2-4-7-14/h5,8,11H,2-4,6-7,9,13H2,1H3. The zero-order valence-electron chi connectivity index (χ0n) is 9.41. The van der Waals surface area contributed by atoms with Gasteiger partial charge in [0.15, 0.2) is 0 Å². The van der Waals surface area contributed by atoms with E-state index in [-0.39, 0.29) is 0 Å². The van der Waals surface area contributed by atoms with Crippen molar-refractivity contribution in [1.82, 2.24) is 4.90 Å². The Kier molecular flexibility index (Phi) is 3.78. The first-order valence-corrected chi connectivity index (χ1v) is 6.69. The predicted octanol–water partition coefficient (Wildman–Crippen LogP) is 2.54. The Morgan fingerprint density at radius 1 is 1.40 bits per heavy atom. The van der Waals surface area contributed by atoms with Crippen molar-refractivity contribution >= 4 is 11.3 Å². The quantitative estimate of drug-likeness (QED) is 0.855. The lowest BCUT2D eigenvalue weighted by Gasteiger charge is -2.33. The van der Waals surface area contributed by atoms with E-state index < -0.39 is 0 Å². The lowest BCUT2D eigenvalue weighted by Crippen LogP contribution is -2.37. The van der Waals surface area contributed by atoms with Gasteiger partial charge in [0.25, 0.3) is 0 Å². The molecule has 1 fully saturated rings. The number of nitrogens with zero attached hydrogens (tertiary/aromatic N) is 1. The average Bonchev–Trinajstić information content (AvgIpc) is 2.68. The Bertz CT molecular complexity index is 302. The first kappa shape index (κ1) is 11.1. The van der Waals surface area contributed by atoms with Crippen LogP contribution in [-0.2, 0) is 0 Å². The first-order valence-electron chi connectivity index (χ1n) is 5.81. The molecule has 0 aromatic carbocycles. The number of rotatable bonds is 3. The van der Waals surface area contributed by atoms with Crippen LogP contribution in [0.4, 0.5) is 0 Å². The molecule has 1 saturated heterocycles. The van der Waals surface area contributed by atoms with Crippen molar-refractivity contribution in [2.45, 2.75) is 32.2 Å². The number of piperidine rings is 1. The van der Waals surface area contributed by atoms with E-state index in [0.717, 1.165) is 6.54 Å². The molecule has 15 heavy (non-hydrogen) atoms. The molecule has 2 nitrogen and oxygen atoms in total. The highest BCUT2D eigenvalue weighted by Gasteiger charge is 2.22. The molecule has 1 aliphatic heterocycles. The molecule has 0 spiro atoms. The molecule has 0 amide bonds. The van der Waals surface area contributed by atoms with E-state index in [0.29, 0.717) is 6.04 Å². The highest BCUT2D eigenvalue weighted by Crippen LogP contribution is 2.29. The molecular formula is C12H20N2S. The van der Waals surface area contributed by atoms with Gasteiger partial charge in [0.1, 0.15) is 0 Å². The predicted molar refractivity (Wildman–Crippen MR) is 66.3 cm³/mol. The highest BCUT2D eigenvalue weighted by atomic mass is 32.1. The van der Waals surface area contributed by atoms with Gasteiger partial charge < -0.3 is 5.73 Å². The molecule has 2 rings (SSSR count). The molecule has 1 aromatic heterocycles. The maximum absolute atomic E-state index is 5.93. The maximum atomic E-state index is 5.93. The van der Waals surface area contributed by atoms with Crippen LogP contribution in [0.25, 0.3) is 0 Å². The highest BCUT2D eigenvalue weighted by molar-refractivity contribution is 7.10. The van der Waals surface area contributed by atoms with E-state index in [1.807, 2.05) is 11.3 Å².